The number of nitrogens with zero attached hydrogens (tertiary/aromatic N) is 7. The first kappa shape index (κ1) is 53.0. The third-order valence-electron chi connectivity index (χ3n) is 16.3. The molecule has 1 unspecified atom stereocenters. The fraction of sp³-hybridized carbons (Fsp3) is 0.435. The molecule has 6 heterocycles. The Kier molecular flexibility index (Phi) is 15.5. The van der Waals surface area contributed by atoms with Gasteiger partial charge in [-0.2, -0.15) is 0 Å². The number of para-hydroxylation sites is 1. The highest BCUT2D eigenvalue weighted by Crippen LogP contribution is 2.38. The Bertz CT molecular complexity index is 3350. The molecule has 7 aromatic rings. The number of hydrogen-bond acceptors (Lipinski definition) is 13. The molecule has 0 bridgehead atoms. The van der Waals surface area contributed by atoms with E-state index < -0.39 is 11.6 Å². The molecule has 16 heteroatoms. The molecule has 1 atom stereocenters. The van der Waals surface area contributed by atoms with Gasteiger partial charge in [0.25, 0.3) is 5.91 Å². The fourth-order valence-corrected chi connectivity index (χ4v) is 12.8. The number of unbranched alkanes of at least 4 members (excludes halogenated alkanes) is 1. The second kappa shape index (κ2) is 22.8. The van der Waals surface area contributed by atoms with E-state index in [0.717, 1.165) is 132 Å². The van der Waals surface area contributed by atoms with Gasteiger partial charge in [-0.25, -0.2) is 19.7 Å². The first-order chi connectivity index (χ1) is 37.7. The summed E-state index contributed by atoms with van der Waals surface area (Å²) in [7, 11) is 2.06. The van der Waals surface area contributed by atoms with Crippen molar-refractivity contribution in [2.24, 2.45) is 13.0 Å². The topological polar surface area (TPSA) is 164 Å². The quantitative estimate of drug-likeness (QED) is 0.0568. The molecule has 3 aromatic heterocycles. The number of pyridine rings is 1. The van der Waals surface area contributed by atoms with Crippen LogP contribution in [0, 0.1) is 12.8 Å². The van der Waals surface area contributed by atoms with Crippen LogP contribution in [0.1, 0.15) is 133 Å². The molecule has 2 saturated heterocycles. The number of imide groups is 1. The van der Waals surface area contributed by atoms with Crippen LogP contribution in [-0.2, 0) is 40.9 Å². The van der Waals surface area contributed by atoms with Gasteiger partial charge in [-0.3, -0.25) is 29.9 Å². The van der Waals surface area contributed by atoms with Crippen molar-refractivity contribution >= 4 is 67.2 Å². The number of imidazole rings is 1. The molecule has 4 aliphatic rings. The predicted molar refractivity (Wildman–Crippen MR) is 306 cm³/mol. The van der Waals surface area contributed by atoms with Crippen LogP contribution >= 0.6 is 11.3 Å². The Morgan fingerprint density at radius 2 is 1.59 bits per heavy atom. The van der Waals surface area contributed by atoms with E-state index in [1.165, 1.54) is 30.6 Å². The number of thiazole rings is 1. The zero-order valence-electron chi connectivity index (χ0n) is 45.6. The number of piperidine rings is 1. The van der Waals surface area contributed by atoms with Gasteiger partial charge >= 0.3 is 5.97 Å². The van der Waals surface area contributed by atoms with E-state index in [4.69, 9.17) is 19.4 Å². The first-order valence-corrected chi connectivity index (χ1v) is 28.8. The zero-order valence-corrected chi connectivity index (χ0v) is 46.4. The van der Waals surface area contributed by atoms with Gasteiger partial charge in [-0.15, -0.1) is 0 Å². The number of carbonyl (C=O) groups is 4. The number of aromatic nitrogens is 4. The lowest BCUT2D eigenvalue weighted by molar-refractivity contribution is -0.134. The first-order valence-electron chi connectivity index (χ1n) is 28.0. The highest BCUT2D eigenvalue weighted by atomic mass is 32.1. The molecule has 4 aromatic carbocycles. The fourth-order valence-electron chi connectivity index (χ4n) is 11.9. The number of esters is 1. The van der Waals surface area contributed by atoms with Crippen LogP contribution in [0.25, 0.3) is 32.4 Å². The summed E-state index contributed by atoms with van der Waals surface area (Å²) in [5.74, 6) is 1.81. The summed E-state index contributed by atoms with van der Waals surface area (Å²) in [6.07, 6.45) is 9.82. The smallest absolute Gasteiger partial charge is 0.358 e. The monoisotopic (exact) mass is 1070 g/mol. The maximum atomic E-state index is 14.1. The van der Waals surface area contributed by atoms with Crippen LogP contribution in [0.5, 0.6) is 5.75 Å². The van der Waals surface area contributed by atoms with Gasteiger partial charge in [0, 0.05) is 63.9 Å². The van der Waals surface area contributed by atoms with E-state index in [1.807, 2.05) is 99.6 Å². The lowest BCUT2D eigenvalue weighted by Crippen LogP contribution is -2.46. The highest BCUT2D eigenvalue weighted by Gasteiger charge is 2.31. The van der Waals surface area contributed by atoms with Crippen LogP contribution in [0.15, 0.2) is 91.0 Å². The van der Waals surface area contributed by atoms with Crippen molar-refractivity contribution in [1.82, 2.24) is 34.6 Å². The van der Waals surface area contributed by atoms with E-state index >= 15 is 0 Å². The molecule has 11 rings (SSSR count). The van der Waals surface area contributed by atoms with E-state index in [9.17, 15) is 19.2 Å². The summed E-state index contributed by atoms with van der Waals surface area (Å²) in [4.78, 5) is 74.1. The van der Waals surface area contributed by atoms with Crippen molar-refractivity contribution in [2.75, 3.05) is 49.5 Å². The van der Waals surface area contributed by atoms with E-state index in [0.29, 0.717) is 53.9 Å². The van der Waals surface area contributed by atoms with Crippen molar-refractivity contribution < 1.29 is 28.7 Å². The predicted octanol–water partition coefficient (Wildman–Crippen LogP) is 10.8. The molecule has 3 aliphatic heterocycles. The Hall–Kier alpha value is -7.01. The van der Waals surface area contributed by atoms with E-state index in [-0.39, 0.29) is 35.4 Å². The zero-order chi connectivity index (χ0) is 54.1. The lowest BCUT2D eigenvalue weighted by atomic mass is 9.84. The van der Waals surface area contributed by atoms with Gasteiger partial charge < -0.3 is 23.8 Å². The summed E-state index contributed by atoms with van der Waals surface area (Å²) in [5, 5.41) is 6.09. The Morgan fingerprint density at radius 3 is 2.38 bits per heavy atom. The van der Waals surface area contributed by atoms with Crippen LogP contribution in [0.2, 0.25) is 0 Å². The van der Waals surface area contributed by atoms with Gasteiger partial charge in [0.05, 0.1) is 39.8 Å². The van der Waals surface area contributed by atoms with Gasteiger partial charge in [-0.05, 0) is 161 Å². The van der Waals surface area contributed by atoms with E-state index in [2.05, 4.69) is 61.0 Å². The average molecular weight is 1070 g/mol. The Morgan fingerprint density at radius 1 is 0.795 bits per heavy atom. The molecular formula is C62H71N9O6S. The number of fused-ring (bicyclic) bond motifs is 3. The lowest BCUT2D eigenvalue weighted by Gasteiger charge is -2.34. The second-order valence-electron chi connectivity index (χ2n) is 22.8. The van der Waals surface area contributed by atoms with Crippen LogP contribution in [-0.4, -0.2) is 104 Å². The number of rotatable bonds is 15. The van der Waals surface area contributed by atoms with Crippen LogP contribution in [0.4, 0.5) is 10.9 Å². The summed E-state index contributed by atoms with van der Waals surface area (Å²) < 4.78 is 16.0. The summed E-state index contributed by atoms with van der Waals surface area (Å²) >= 11 is 1.45. The molecule has 0 spiro atoms. The second-order valence-corrected chi connectivity index (χ2v) is 23.8. The molecule has 1 aliphatic carbocycles. The molecular weight excluding hydrogens is 999 g/mol. The summed E-state index contributed by atoms with van der Waals surface area (Å²) in [6.45, 7) is 14.9. The average Bonchev–Trinajstić information content (AvgIpc) is 4.13. The Balaban J connectivity index is 0.665. The molecule has 3 fully saturated rings. The number of aryl methyl sites for hydroxylation is 1. The van der Waals surface area contributed by atoms with Crippen LogP contribution < -0.4 is 20.3 Å². The molecule has 15 nitrogen and oxygen atoms in total. The Labute approximate surface area is 460 Å². The van der Waals surface area contributed by atoms with Crippen molar-refractivity contribution in [2.45, 2.75) is 123 Å². The molecule has 1 saturated carbocycles. The molecule has 2 N–H and O–H groups in total. The van der Waals surface area contributed by atoms with Crippen molar-refractivity contribution in [3.05, 3.63) is 130 Å². The number of nitrogens with one attached hydrogen (secondary N) is 2. The normalized spacial score (nSPS) is 19.4. The molecule has 78 heavy (non-hydrogen) atoms. The third kappa shape index (κ3) is 11.9. The molecule has 406 valence electrons. The molecule has 0 radical (unpaired) electrons. The number of ether oxygens (including phenoxy) is 2. The van der Waals surface area contributed by atoms with Crippen LogP contribution in [0.3, 0.4) is 0 Å². The van der Waals surface area contributed by atoms with Crippen molar-refractivity contribution in [3.63, 3.8) is 0 Å². The summed E-state index contributed by atoms with van der Waals surface area (Å²) in [6, 6.07) is 29.8. The molecule has 3 amide bonds. The van der Waals surface area contributed by atoms with Crippen molar-refractivity contribution in [3.8, 4) is 16.9 Å². The van der Waals surface area contributed by atoms with Gasteiger partial charge in [0.15, 0.2) is 10.8 Å². The minimum absolute atomic E-state index is 0.131. The maximum Gasteiger partial charge on any atom is 0.358 e. The number of amides is 3. The number of benzene rings is 4. The number of piperazine rings is 1. The van der Waals surface area contributed by atoms with E-state index in [1.54, 1.807) is 0 Å². The van der Waals surface area contributed by atoms with Crippen molar-refractivity contribution in [1.29, 1.82) is 0 Å². The van der Waals surface area contributed by atoms with Gasteiger partial charge in [-0.1, -0.05) is 66.6 Å². The van der Waals surface area contributed by atoms with Gasteiger partial charge in [0.1, 0.15) is 23.0 Å². The number of carbonyl (C=O) groups excluding carboxylic acids is 4. The summed E-state index contributed by atoms with van der Waals surface area (Å²) in [5.41, 5.74) is 8.44. The van der Waals surface area contributed by atoms with Gasteiger partial charge in [0.2, 0.25) is 11.8 Å². The SMILES string of the molecule is Cc1c(OC2CCC(CCCCN3CCN(Cc4nc5ccc(C6CCC(=O)NC6=O)cc5n4C)CC3)CC2)cccc1-c1ccc(N2CCc3cccc(C(=O)Nc4nc5ccccc5s4)c3C2)nc1C(=O)OC(C)(C)C. The maximum absolute atomic E-state index is 14.1. The number of anilines is 2. The largest absolute Gasteiger partial charge is 0.490 e. The minimum atomic E-state index is -0.729. The highest BCUT2D eigenvalue weighted by molar-refractivity contribution is 7.22. The number of hydrogen-bond donors (Lipinski definition) is 2. The third-order valence-corrected chi connectivity index (χ3v) is 17.2. The standard InChI is InChI=1S/C62H71N9O6S/c1-39-44(46-24-27-54(65-57(46)60(75)77-62(2,3)4)71-31-29-41-13-10-15-47(48(41)37-71)59(74)67-61-64-50-16-6-7-18-53(50)78-61)14-11-17-52(39)76-43-22-19-40(20-23-43)12-8-9-30-69-32-34-70(35-33-69)38-55-63-49-26-21-42(36-51(49)68(55)5)45-25-28-56(72)66-58(45)73/h6-7,10-11,13-18,21,24,26-27,36,40,43,45H,8-9,12,19-20,22-23,25,28-35,37-38H2,1-5H3,(H,64,67,74)(H,66,72,73). The minimum Gasteiger partial charge on any atom is -0.490 e.